The van der Waals surface area contributed by atoms with Crippen LogP contribution in [0.4, 0.5) is 5.69 Å². The van der Waals surface area contributed by atoms with Crippen LogP contribution in [-0.2, 0) is 19.4 Å². The molecule has 0 atom stereocenters. The molecule has 1 N–H and O–H groups in total. The highest BCUT2D eigenvalue weighted by Crippen LogP contribution is 2.38. The van der Waals surface area contributed by atoms with Crippen molar-refractivity contribution in [3.05, 3.63) is 53.1 Å². The largest absolute Gasteiger partial charge is 0.495 e. The molecule has 0 spiro atoms. The molecule has 0 saturated carbocycles. The van der Waals surface area contributed by atoms with Crippen LogP contribution in [-0.4, -0.2) is 22.8 Å². The molecule has 134 valence electrons. The molecule has 2 heterocycles. The number of carbonyl (C=O) groups is 1. The maximum absolute atomic E-state index is 12.8. The van der Waals surface area contributed by atoms with Crippen molar-refractivity contribution >= 4 is 11.6 Å². The summed E-state index contributed by atoms with van der Waals surface area (Å²) in [6, 6.07) is 7.31. The van der Waals surface area contributed by atoms with Gasteiger partial charge in [0.15, 0.2) is 5.76 Å². The average molecular weight is 351 g/mol. The van der Waals surface area contributed by atoms with Crippen LogP contribution in [0.15, 0.2) is 34.9 Å². The molecule has 0 unspecified atom stereocenters. The van der Waals surface area contributed by atoms with Gasteiger partial charge in [-0.2, -0.15) is 5.10 Å². The summed E-state index contributed by atoms with van der Waals surface area (Å²) in [5.74, 6) is 1.50. The number of benzene rings is 1. The van der Waals surface area contributed by atoms with Crippen LogP contribution in [0.3, 0.4) is 0 Å². The van der Waals surface area contributed by atoms with E-state index in [2.05, 4.69) is 23.5 Å². The second-order valence-electron chi connectivity index (χ2n) is 6.37. The minimum Gasteiger partial charge on any atom is -0.495 e. The molecule has 0 saturated heterocycles. The van der Waals surface area contributed by atoms with Crippen molar-refractivity contribution in [3.63, 3.8) is 0 Å². The number of hydrogen-bond acceptors (Lipinski definition) is 4. The van der Waals surface area contributed by atoms with Crippen molar-refractivity contribution in [3.8, 4) is 17.0 Å². The van der Waals surface area contributed by atoms with Gasteiger partial charge in [-0.15, -0.1) is 0 Å². The number of methoxy groups -OCH3 is 1. The predicted octanol–water partition coefficient (Wildman–Crippen LogP) is 3.83. The Morgan fingerprint density at radius 2 is 2.15 bits per heavy atom. The van der Waals surface area contributed by atoms with E-state index in [-0.39, 0.29) is 5.91 Å². The lowest BCUT2D eigenvalue weighted by Crippen LogP contribution is -2.13. The Morgan fingerprint density at radius 3 is 2.92 bits per heavy atom. The Bertz CT molecular complexity index is 984. The topological polar surface area (TPSA) is 69.3 Å². The van der Waals surface area contributed by atoms with Crippen molar-refractivity contribution < 1.29 is 13.9 Å². The quantitative estimate of drug-likeness (QED) is 0.775. The number of ether oxygens (including phenoxy) is 1. The van der Waals surface area contributed by atoms with E-state index in [0.29, 0.717) is 17.2 Å². The number of rotatable bonds is 4. The second-order valence-corrected chi connectivity index (χ2v) is 6.37. The first-order chi connectivity index (χ1) is 12.6. The lowest BCUT2D eigenvalue weighted by atomic mass is 9.93. The van der Waals surface area contributed by atoms with E-state index >= 15 is 0 Å². The summed E-state index contributed by atoms with van der Waals surface area (Å²) in [4.78, 5) is 12.8. The van der Waals surface area contributed by atoms with Crippen molar-refractivity contribution in [2.45, 2.75) is 33.2 Å². The maximum atomic E-state index is 12.8. The summed E-state index contributed by atoms with van der Waals surface area (Å²) in [6.45, 7) is 4.80. The monoisotopic (exact) mass is 351 g/mol. The third kappa shape index (κ3) is 2.58. The maximum Gasteiger partial charge on any atom is 0.291 e. The molecule has 0 radical (unpaired) electrons. The van der Waals surface area contributed by atoms with Gasteiger partial charge in [-0.1, -0.05) is 12.1 Å². The highest BCUT2D eigenvalue weighted by molar-refractivity contribution is 6.05. The average Bonchev–Trinajstić information content (AvgIpc) is 3.22. The van der Waals surface area contributed by atoms with Crippen molar-refractivity contribution in [1.82, 2.24) is 9.78 Å². The fraction of sp³-hybridized carbons (Fsp3) is 0.300. The van der Waals surface area contributed by atoms with Crippen LogP contribution in [0.2, 0.25) is 0 Å². The van der Waals surface area contributed by atoms with Crippen LogP contribution < -0.4 is 10.1 Å². The van der Waals surface area contributed by atoms with Crippen molar-refractivity contribution in [2.24, 2.45) is 0 Å². The van der Waals surface area contributed by atoms with E-state index in [1.165, 1.54) is 5.56 Å². The Labute approximate surface area is 151 Å². The minimum absolute atomic E-state index is 0.280. The standard InChI is InChI=1S/C20H21N3O3/c1-4-23-11-13-9-10-16-17(18(13)22-23)12(2)19(26-16)20(24)21-14-7-5-6-8-15(14)25-3/h5-8,11H,4,9-10H2,1-3H3,(H,21,24). The van der Waals surface area contributed by atoms with Crippen molar-refractivity contribution in [1.29, 1.82) is 0 Å². The van der Waals surface area contributed by atoms with Crippen LogP contribution >= 0.6 is 0 Å². The van der Waals surface area contributed by atoms with E-state index in [9.17, 15) is 4.79 Å². The highest BCUT2D eigenvalue weighted by Gasteiger charge is 2.29. The Morgan fingerprint density at radius 1 is 1.35 bits per heavy atom. The fourth-order valence-electron chi connectivity index (χ4n) is 3.47. The van der Waals surface area contributed by atoms with Gasteiger partial charge in [-0.05, 0) is 38.0 Å². The van der Waals surface area contributed by atoms with Gasteiger partial charge in [-0.25, -0.2) is 0 Å². The van der Waals surface area contributed by atoms with E-state index in [4.69, 9.17) is 9.15 Å². The van der Waals surface area contributed by atoms with Crippen LogP contribution in [0.25, 0.3) is 11.3 Å². The number of fused-ring (bicyclic) bond motifs is 3. The van der Waals surface area contributed by atoms with Gasteiger partial charge in [-0.3, -0.25) is 9.48 Å². The molecule has 1 aliphatic rings. The van der Waals surface area contributed by atoms with E-state index in [0.717, 1.165) is 42.0 Å². The van der Waals surface area contributed by atoms with Gasteiger partial charge in [0.1, 0.15) is 11.5 Å². The van der Waals surface area contributed by atoms with Gasteiger partial charge in [0.2, 0.25) is 0 Å². The zero-order chi connectivity index (χ0) is 18.3. The molecule has 26 heavy (non-hydrogen) atoms. The third-order valence-corrected chi connectivity index (χ3v) is 4.80. The predicted molar refractivity (Wildman–Crippen MR) is 98.7 cm³/mol. The first-order valence-electron chi connectivity index (χ1n) is 8.75. The molecule has 4 rings (SSSR count). The third-order valence-electron chi connectivity index (χ3n) is 4.80. The summed E-state index contributed by atoms with van der Waals surface area (Å²) in [6.07, 6.45) is 3.74. The summed E-state index contributed by atoms with van der Waals surface area (Å²) in [7, 11) is 1.58. The molecule has 0 fully saturated rings. The summed E-state index contributed by atoms with van der Waals surface area (Å²) >= 11 is 0. The molecule has 0 aliphatic heterocycles. The molecular formula is C20H21N3O3. The fourth-order valence-corrected chi connectivity index (χ4v) is 3.47. The van der Waals surface area contributed by atoms with Crippen LogP contribution in [0, 0.1) is 6.92 Å². The van der Waals surface area contributed by atoms with E-state index in [1.54, 1.807) is 19.2 Å². The molecule has 6 heteroatoms. The SMILES string of the molecule is CCn1cc2c(n1)-c1c(oc(C(=O)Nc3ccccc3OC)c1C)CC2. The Kier molecular flexibility index (Phi) is 4.03. The summed E-state index contributed by atoms with van der Waals surface area (Å²) in [5.41, 5.74) is 4.55. The number of hydrogen-bond donors (Lipinski definition) is 1. The van der Waals surface area contributed by atoms with Gasteiger partial charge in [0, 0.05) is 30.3 Å². The molecule has 0 bridgehead atoms. The number of aromatic nitrogens is 2. The van der Waals surface area contributed by atoms with Gasteiger partial charge >= 0.3 is 0 Å². The van der Waals surface area contributed by atoms with E-state index < -0.39 is 0 Å². The zero-order valence-corrected chi connectivity index (χ0v) is 15.1. The van der Waals surface area contributed by atoms with E-state index in [1.807, 2.05) is 23.7 Å². The number of aryl methyl sites for hydroxylation is 3. The zero-order valence-electron chi connectivity index (χ0n) is 15.1. The Hall–Kier alpha value is -3.02. The molecule has 1 aliphatic carbocycles. The van der Waals surface area contributed by atoms with Gasteiger partial charge < -0.3 is 14.5 Å². The second kappa shape index (κ2) is 6.37. The molecule has 2 aromatic heterocycles. The minimum atomic E-state index is -0.280. The first-order valence-corrected chi connectivity index (χ1v) is 8.75. The number of amides is 1. The number of nitrogens with zero attached hydrogens (tertiary/aromatic N) is 2. The van der Waals surface area contributed by atoms with Gasteiger partial charge in [0.05, 0.1) is 18.5 Å². The smallest absolute Gasteiger partial charge is 0.291 e. The lowest BCUT2D eigenvalue weighted by molar-refractivity contribution is 0.0993. The number of furan rings is 1. The number of nitrogens with one attached hydrogen (secondary N) is 1. The van der Waals surface area contributed by atoms with Crippen LogP contribution in [0.1, 0.15) is 34.4 Å². The van der Waals surface area contributed by atoms with Gasteiger partial charge in [0.25, 0.3) is 5.91 Å². The molecule has 6 nitrogen and oxygen atoms in total. The molecule has 3 aromatic rings. The Balaban J connectivity index is 1.70. The van der Waals surface area contributed by atoms with Crippen molar-refractivity contribution in [2.75, 3.05) is 12.4 Å². The lowest BCUT2D eigenvalue weighted by Gasteiger charge is -2.09. The summed E-state index contributed by atoms with van der Waals surface area (Å²) in [5, 5.41) is 7.55. The first kappa shape index (κ1) is 16.4. The summed E-state index contributed by atoms with van der Waals surface area (Å²) < 4.78 is 13.2. The molecule has 1 aromatic carbocycles. The molecule has 1 amide bonds. The molecular weight excluding hydrogens is 330 g/mol. The number of para-hydroxylation sites is 2. The highest BCUT2D eigenvalue weighted by atomic mass is 16.5. The van der Waals surface area contributed by atoms with Crippen LogP contribution in [0.5, 0.6) is 5.75 Å². The number of carbonyl (C=O) groups excluding carboxylic acids is 1. The normalized spacial score (nSPS) is 12.4. The number of anilines is 1.